The van der Waals surface area contributed by atoms with E-state index in [2.05, 4.69) is 6.92 Å². The molecule has 0 aromatic heterocycles. The molecule has 0 spiro atoms. The van der Waals surface area contributed by atoms with Crippen LogP contribution in [0.2, 0.25) is 0 Å². The van der Waals surface area contributed by atoms with E-state index in [4.69, 9.17) is 0 Å². The first kappa shape index (κ1) is 6.69. The van der Waals surface area contributed by atoms with Gasteiger partial charge >= 0.3 is 0 Å². The second-order valence-corrected chi connectivity index (χ2v) is 4.46. The van der Waals surface area contributed by atoms with E-state index >= 15 is 0 Å². The van der Waals surface area contributed by atoms with Crippen molar-refractivity contribution < 1.29 is 0 Å². The molecule has 0 N–H and O–H groups in total. The molecular formula is C10H18. The Morgan fingerprint density at radius 3 is 2.40 bits per heavy atom. The third-order valence-corrected chi connectivity index (χ3v) is 3.45. The van der Waals surface area contributed by atoms with Crippen LogP contribution in [0.1, 0.15) is 45.4 Å². The van der Waals surface area contributed by atoms with Crippen molar-refractivity contribution in [3.63, 3.8) is 0 Å². The highest BCUT2D eigenvalue weighted by Gasteiger charge is 2.28. The van der Waals surface area contributed by atoms with E-state index in [0.717, 1.165) is 17.8 Å². The van der Waals surface area contributed by atoms with E-state index in [1.165, 1.54) is 19.3 Å². The average Bonchev–Trinajstić information content (AvgIpc) is 2.22. The molecule has 0 amide bonds. The van der Waals surface area contributed by atoms with Crippen LogP contribution >= 0.6 is 0 Å². The quantitative estimate of drug-likeness (QED) is 0.482. The fourth-order valence-electron chi connectivity index (χ4n) is 2.86. The van der Waals surface area contributed by atoms with Crippen LogP contribution in [0.5, 0.6) is 0 Å². The molecule has 0 heteroatoms. The van der Waals surface area contributed by atoms with Crippen molar-refractivity contribution in [2.75, 3.05) is 0 Å². The highest BCUT2D eigenvalue weighted by molar-refractivity contribution is 4.80. The molecule has 2 fully saturated rings. The van der Waals surface area contributed by atoms with Crippen LogP contribution in [-0.4, -0.2) is 0 Å². The van der Waals surface area contributed by atoms with Crippen molar-refractivity contribution in [3.05, 3.63) is 0 Å². The molecule has 10 heavy (non-hydrogen) atoms. The maximum atomic E-state index is 2.43. The highest BCUT2D eigenvalue weighted by atomic mass is 14.3. The lowest BCUT2D eigenvalue weighted by atomic mass is 9.93. The van der Waals surface area contributed by atoms with Gasteiger partial charge < -0.3 is 0 Å². The van der Waals surface area contributed by atoms with Crippen molar-refractivity contribution in [3.8, 4) is 0 Å². The lowest BCUT2D eigenvalue weighted by Crippen LogP contribution is -2.00. The summed E-state index contributed by atoms with van der Waals surface area (Å²) in [5, 5.41) is 0. The topological polar surface area (TPSA) is 0 Å². The van der Waals surface area contributed by atoms with Gasteiger partial charge in [-0.25, -0.2) is 0 Å². The van der Waals surface area contributed by atoms with Gasteiger partial charge in [0.2, 0.25) is 0 Å². The van der Waals surface area contributed by atoms with Crippen molar-refractivity contribution in [2.45, 2.75) is 45.4 Å². The molecular weight excluding hydrogens is 120 g/mol. The van der Waals surface area contributed by atoms with Crippen molar-refractivity contribution in [2.24, 2.45) is 17.8 Å². The fraction of sp³-hybridized carbons (Fsp3) is 1.00. The van der Waals surface area contributed by atoms with Crippen LogP contribution in [-0.2, 0) is 0 Å². The van der Waals surface area contributed by atoms with Crippen LogP contribution in [0, 0.1) is 17.8 Å². The fourth-order valence-corrected chi connectivity index (χ4v) is 2.86. The first-order valence-corrected chi connectivity index (χ1v) is 4.84. The van der Waals surface area contributed by atoms with Gasteiger partial charge in [-0.2, -0.15) is 0 Å². The predicted octanol–water partition coefficient (Wildman–Crippen LogP) is 3.22. The summed E-state index contributed by atoms with van der Waals surface area (Å²) < 4.78 is 0. The summed E-state index contributed by atoms with van der Waals surface area (Å²) in [5.41, 5.74) is 0. The monoisotopic (exact) mass is 138 g/mol. The summed E-state index contributed by atoms with van der Waals surface area (Å²) in [6, 6.07) is 0. The molecule has 2 unspecified atom stereocenters. The predicted molar refractivity (Wildman–Crippen MR) is 43.8 cm³/mol. The van der Waals surface area contributed by atoms with Crippen LogP contribution in [0.3, 0.4) is 0 Å². The summed E-state index contributed by atoms with van der Waals surface area (Å²) in [7, 11) is 0. The average molecular weight is 138 g/mol. The summed E-state index contributed by atoms with van der Waals surface area (Å²) in [5.74, 6) is 3.30. The van der Waals surface area contributed by atoms with Crippen LogP contribution in [0.25, 0.3) is 0 Å². The Morgan fingerprint density at radius 2 is 1.50 bits per heavy atom. The number of rotatable bonds is 0. The zero-order chi connectivity index (χ0) is 6.97. The van der Waals surface area contributed by atoms with Crippen molar-refractivity contribution >= 4 is 0 Å². The zero-order valence-electron chi connectivity index (χ0n) is 6.97. The van der Waals surface area contributed by atoms with E-state index in [9.17, 15) is 0 Å². The molecule has 0 nitrogen and oxygen atoms in total. The Hall–Kier alpha value is 0. The van der Waals surface area contributed by atoms with E-state index in [1.807, 2.05) is 0 Å². The van der Waals surface area contributed by atoms with Gasteiger partial charge in [0.1, 0.15) is 0 Å². The minimum Gasteiger partial charge on any atom is -0.0625 e. The first-order chi connectivity index (χ1) is 4.84. The Morgan fingerprint density at radius 1 is 0.800 bits per heavy atom. The molecule has 0 radical (unpaired) electrons. The van der Waals surface area contributed by atoms with Gasteiger partial charge in [-0.3, -0.25) is 0 Å². The Labute approximate surface area is 64.0 Å². The van der Waals surface area contributed by atoms with Gasteiger partial charge in [0.15, 0.2) is 0 Å². The van der Waals surface area contributed by atoms with Crippen LogP contribution in [0.15, 0.2) is 0 Å². The molecule has 2 aliphatic rings. The number of fused-ring (bicyclic) bond motifs is 2. The van der Waals surface area contributed by atoms with Gasteiger partial charge in [-0.15, -0.1) is 0 Å². The van der Waals surface area contributed by atoms with Crippen molar-refractivity contribution in [1.82, 2.24) is 0 Å². The number of hydrogen-bond donors (Lipinski definition) is 0. The second-order valence-electron chi connectivity index (χ2n) is 4.46. The summed E-state index contributed by atoms with van der Waals surface area (Å²) in [6.45, 7) is 2.43. The van der Waals surface area contributed by atoms with E-state index in [0.29, 0.717) is 0 Å². The van der Waals surface area contributed by atoms with Gasteiger partial charge in [0, 0.05) is 0 Å². The lowest BCUT2D eigenvalue weighted by Gasteiger charge is -2.13. The Balaban J connectivity index is 1.99. The normalized spacial score (nSPS) is 47.1. The molecule has 2 saturated carbocycles. The summed E-state index contributed by atoms with van der Waals surface area (Å²) in [6.07, 6.45) is 9.27. The van der Waals surface area contributed by atoms with Gasteiger partial charge in [-0.1, -0.05) is 32.6 Å². The van der Waals surface area contributed by atoms with Gasteiger partial charge in [-0.05, 0) is 30.6 Å². The third kappa shape index (κ3) is 1.21. The Bertz CT molecular complexity index is 117. The van der Waals surface area contributed by atoms with E-state index < -0.39 is 0 Å². The number of hydrogen-bond acceptors (Lipinski definition) is 0. The van der Waals surface area contributed by atoms with E-state index in [-0.39, 0.29) is 0 Å². The molecule has 0 heterocycles. The zero-order valence-corrected chi connectivity index (χ0v) is 6.97. The van der Waals surface area contributed by atoms with Gasteiger partial charge in [0.05, 0.1) is 0 Å². The molecule has 2 aliphatic carbocycles. The maximum Gasteiger partial charge on any atom is -0.0409 e. The molecule has 2 rings (SSSR count). The lowest BCUT2D eigenvalue weighted by molar-refractivity contribution is 0.387. The third-order valence-electron chi connectivity index (χ3n) is 3.45. The molecule has 2 bridgehead atoms. The first-order valence-electron chi connectivity index (χ1n) is 4.84. The molecule has 0 saturated heterocycles. The molecule has 0 aromatic rings. The maximum absolute atomic E-state index is 2.43. The smallest absolute Gasteiger partial charge is 0.0409 e. The summed E-state index contributed by atoms with van der Waals surface area (Å²) >= 11 is 0. The molecule has 0 aliphatic heterocycles. The largest absolute Gasteiger partial charge is 0.0625 e. The minimum atomic E-state index is 1.04. The highest BCUT2D eigenvalue weighted by Crippen LogP contribution is 2.41. The Kier molecular flexibility index (Phi) is 1.71. The van der Waals surface area contributed by atoms with Crippen LogP contribution in [0.4, 0.5) is 0 Å². The SMILES string of the molecule is C[C@@H]1CCC2CCC(C2)C1. The van der Waals surface area contributed by atoms with Gasteiger partial charge in [0.25, 0.3) is 0 Å². The summed E-state index contributed by atoms with van der Waals surface area (Å²) in [4.78, 5) is 0. The standard InChI is InChI=1S/C10H18/c1-8-2-3-9-4-5-10(6-8)7-9/h8-10H,2-7H2,1H3/t8-,9?,10?/m1/s1. The van der Waals surface area contributed by atoms with E-state index in [1.54, 1.807) is 19.3 Å². The minimum absolute atomic E-state index is 1.04. The molecule has 58 valence electrons. The van der Waals surface area contributed by atoms with Crippen LogP contribution < -0.4 is 0 Å². The molecule has 3 atom stereocenters. The van der Waals surface area contributed by atoms with Crippen molar-refractivity contribution in [1.29, 1.82) is 0 Å². The second kappa shape index (κ2) is 2.56. The molecule has 0 aromatic carbocycles.